The van der Waals surface area contributed by atoms with E-state index in [1.165, 1.54) is 0 Å². The summed E-state index contributed by atoms with van der Waals surface area (Å²) >= 11 is 3.36. The normalized spacial score (nSPS) is 9.81. The standard InChI is InChI=1S/C16H15BrN2O2/c1-20-14-5-3-11(16(8-14)21-2)10-19-15-6-4-13(17)7-12(15)9-18/h3-8,19H,10H2,1-2H3. The number of nitrogens with one attached hydrogen (secondary N) is 1. The quantitative estimate of drug-likeness (QED) is 0.890. The molecule has 0 heterocycles. The molecule has 2 aromatic carbocycles. The van der Waals surface area contributed by atoms with Crippen molar-refractivity contribution in [1.29, 1.82) is 5.26 Å². The number of anilines is 1. The highest BCUT2D eigenvalue weighted by Crippen LogP contribution is 2.26. The molecule has 0 bridgehead atoms. The number of halogens is 1. The number of hydrogen-bond donors (Lipinski definition) is 1. The summed E-state index contributed by atoms with van der Waals surface area (Å²) in [4.78, 5) is 0. The first-order valence-electron chi connectivity index (χ1n) is 6.32. The maximum Gasteiger partial charge on any atom is 0.127 e. The molecule has 0 aliphatic rings. The van der Waals surface area contributed by atoms with Crippen LogP contribution in [-0.2, 0) is 6.54 Å². The average molecular weight is 347 g/mol. The molecule has 0 atom stereocenters. The van der Waals surface area contributed by atoms with Gasteiger partial charge in [0.25, 0.3) is 0 Å². The molecule has 21 heavy (non-hydrogen) atoms. The van der Waals surface area contributed by atoms with Crippen molar-refractivity contribution in [3.05, 3.63) is 52.0 Å². The first-order valence-corrected chi connectivity index (χ1v) is 7.11. The minimum atomic E-state index is 0.559. The van der Waals surface area contributed by atoms with Crippen LogP contribution in [0, 0.1) is 11.3 Å². The van der Waals surface area contributed by atoms with Gasteiger partial charge in [-0.3, -0.25) is 0 Å². The summed E-state index contributed by atoms with van der Waals surface area (Å²) in [6.45, 7) is 0.559. The number of hydrogen-bond acceptors (Lipinski definition) is 4. The van der Waals surface area contributed by atoms with Crippen molar-refractivity contribution >= 4 is 21.6 Å². The lowest BCUT2D eigenvalue weighted by atomic mass is 10.1. The van der Waals surface area contributed by atoms with Gasteiger partial charge in [-0.05, 0) is 30.3 Å². The molecule has 0 aromatic heterocycles. The van der Waals surface area contributed by atoms with Crippen molar-refractivity contribution in [2.45, 2.75) is 6.54 Å². The Morgan fingerprint density at radius 2 is 1.95 bits per heavy atom. The fourth-order valence-corrected chi connectivity index (χ4v) is 2.31. The molecule has 1 N–H and O–H groups in total. The highest BCUT2D eigenvalue weighted by molar-refractivity contribution is 9.10. The molecule has 5 heteroatoms. The lowest BCUT2D eigenvalue weighted by Gasteiger charge is -2.13. The first kappa shape index (κ1) is 15.2. The van der Waals surface area contributed by atoms with Crippen molar-refractivity contribution in [2.24, 2.45) is 0 Å². The Morgan fingerprint density at radius 1 is 1.14 bits per heavy atom. The van der Waals surface area contributed by atoms with Crippen LogP contribution in [0.2, 0.25) is 0 Å². The van der Waals surface area contributed by atoms with Crippen LogP contribution in [0.4, 0.5) is 5.69 Å². The topological polar surface area (TPSA) is 54.3 Å². The van der Waals surface area contributed by atoms with E-state index < -0.39 is 0 Å². The summed E-state index contributed by atoms with van der Waals surface area (Å²) in [5, 5.41) is 12.4. The zero-order valence-corrected chi connectivity index (χ0v) is 13.4. The molecule has 108 valence electrons. The van der Waals surface area contributed by atoms with Crippen molar-refractivity contribution in [2.75, 3.05) is 19.5 Å². The van der Waals surface area contributed by atoms with Gasteiger partial charge in [-0.15, -0.1) is 0 Å². The molecule has 0 saturated carbocycles. The summed E-state index contributed by atoms with van der Waals surface area (Å²) in [5.74, 6) is 1.49. The highest BCUT2D eigenvalue weighted by Gasteiger charge is 2.07. The van der Waals surface area contributed by atoms with Gasteiger partial charge in [0.15, 0.2) is 0 Å². The van der Waals surface area contributed by atoms with E-state index in [0.29, 0.717) is 12.1 Å². The molecular weight excluding hydrogens is 332 g/mol. The number of ether oxygens (including phenoxy) is 2. The largest absolute Gasteiger partial charge is 0.497 e. The van der Waals surface area contributed by atoms with E-state index in [4.69, 9.17) is 14.7 Å². The van der Waals surface area contributed by atoms with Crippen molar-refractivity contribution in [3.8, 4) is 17.6 Å². The van der Waals surface area contributed by atoms with E-state index in [2.05, 4.69) is 27.3 Å². The summed E-state index contributed by atoms with van der Waals surface area (Å²) in [6, 6.07) is 13.4. The molecule has 4 nitrogen and oxygen atoms in total. The van der Waals surface area contributed by atoms with Gasteiger partial charge in [0.05, 0.1) is 25.5 Å². The van der Waals surface area contributed by atoms with Crippen LogP contribution in [-0.4, -0.2) is 14.2 Å². The monoisotopic (exact) mass is 346 g/mol. The maximum absolute atomic E-state index is 9.16. The molecule has 2 aromatic rings. The summed E-state index contributed by atoms with van der Waals surface area (Å²) in [5.41, 5.74) is 2.38. The Kier molecular flexibility index (Phi) is 5.07. The number of nitrogens with zero attached hydrogens (tertiary/aromatic N) is 1. The average Bonchev–Trinajstić information content (AvgIpc) is 2.53. The van der Waals surface area contributed by atoms with Gasteiger partial charge in [-0.2, -0.15) is 5.26 Å². The Balaban J connectivity index is 2.19. The summed E-state index contributed by atoms with van der Waals surface area (Å²) < 4.78 is 11.4. The molecule has 0 amide bonds. The van der Waals surface area contributed by atoms with Gasteiger partial charge in [-0.25, -0.2) is 0 Å². The van der Waals surface area contributed by atoms with E-state index in [9.17, 15) is 0 Å². The third-order valence-corrected chi connectivity index (χ3v) is 3.56. The SMILES string of the molecule is COc1ccc(CNc2ccc(Br)cc2C#N)c(OC)c1. The van der Waals surface area contributed by atoms with E-state index in [1.807, 2.05) is 30.3 Å². The zero-order valence-electron chi connectivity index (χ0n) is 11.8. The van der Waals surface area contributed by atoms with E-state index >= 15 is 0 Å². The zero-order chi connectivity index (χ0) is 15.2. The second-order valence-corrected chi connectivity index (χ2v) is 5.25. The minimum Gasteiger partial charge on any atom is -0.497 e. The van der Waals surface area contributed by atoms with Crippen molar-refractivity contribution in [1.82, 2.24) is 0 Å². The Morgan fingerprint density at radius 3 is 2.62 bits per heavy atom. The van der Waals surface area contributed by atoms with Crippen LogP contribution >= 0.6 is 15.9 Å². The van der Waals surface area contributed by atoms with Crippen LogP contribution in [0.25, 0.3) is 0 Å². The molecule has 0 spiro atoms. The number of rotatable bonds is 5. The van der Waals surface area contributed by atoms with Crippen molar-refractivity contribution in [3.63, 3.8) is 0 Å². The fourth-order valence-electron chi connectivity index (χ4n) is 1.95. The lowest BCUT2D eigenvalue weighted by molar-refractivity contribution is 0.391. The van der Waals surface area contributed by atoms with Gasteiger partial charge in [0, 0.05) is 22.6 Å². The fraction of sp³-hybridized carbons (Fsp3) is 0.188. The van der Waals surface area contributed by atoms with E-state index in [-0.39, 0.29) is 0 Å². The molecule has 0 aliphatic carbocycles. The molecule has 0 aliphatic heterocycles. The first-order chi connectivity index (χ1) is 10.2. The third kappa shape index (κ3) is 3.67. The molecular formula is C16H15BrN2O2. The predicted molar refractivity (Wildman–Crippen MR) is 85.7 cm³/mol. The van der Waals surface area contributed by atoms with Gasteiger partial charge < -0.3 is 14.8 Å². The van der Waals surface area contributed by atoms with Crippen LogP contribution in [0.15, 0.2) is 40.9 Å². The molecule has 0 fully saturated rings. The second-order valence-electron chi connectivity index (χ2n) is 4.33. The molecule has 0 saturated heterocycles. The smallest absolute Gasteiger partial charge is 0.127 e. The Hall–Kier alpha value is -2.19. The number of benzene rings is 2. The van der Waals surface area contributed by atoms with Gasteiger partial charge >= 0.3 is 0 Å². The van der Waals surface area contributed by atoms with Gasteiger partial charge in [0.2, 0.25) is 0 Å². The Labute approximate surface area is 132 Å². The number of nitriles is 1. The highest BCUT2D eigenvalue weighted by atomic mass is 79.9. The molecule has 2 rings (SSSR count). The number of methoxy groups -OCH3 is 2. The Bertz CT molecular complexity index is 680. The van der Waals surface area contributed by atoms with E-state index in [0.717, 1.165) is 27.2 Å². The van der Waals surface area contributed by atoms with Crippen LogP contribution in [0.3, 0.4) is 0 Å². The second kappa shape index (κ2) is 7.00. The minimum absolute atomic E-state index is 0.559. The van der Waals surface area contributed by atoms with Crippen LogP contribution in [0.1, 0.15) is 11.1 Å². The third-order valence-electron chi connectivity index (χ3n) is 3.07. The molecule has 0 radical (unpaired) electrons. The van der Waals surface area contributed by atoms with Crippen LogP contribution in [0.5, 0.6) is 11.5 Å². The summed E-state index contributed by atoms with van der Waals surface area (Å²) in [6.07, 6.45) is 0. The summed E-state index contributed by atoms with van der Waals surface area (Å²) in [7, 11) is 3.24. The lowest BCUT2D eigenvalue weighted by Crippen LogP contribution is -2.03. The van der Waals surface area contributed by atoms with Crippen molar-refractivity contribution < 1.29 is 9.47 Å². The predicted octanol–water partition coefficient (Wildman–Crippen LogP) is 3.95. The van der Waals surface area contributed by atoms with Crippen LogP contribution < -0.4 is 14.8 Å². The maximum atomic E-state index is 9.16. The van der Waals surface area contributed by atoms with Gasteiger partial charge in [0.1, 0.15) is 17.6 Å². The van der Waals surface area contributed by atoms with Gasteiger partial charge in [-0.1, -0.05) is 15.9 Å². The molecule has 0 unspecified atom stereocenters. The van der Waals surface area contributed by atoms with E-state index in [1.54, 1.807) is 20.3 Å².